The highest BCUT2D eigenvalue weighted by Gasteiger charge is 2.20. The molecule has 1 heterocycles. The summed E-state index contributed by atoms with van der Waals surface area (Å²) in [5.41, 5.74) is 4.32. The molecule has 0 saturated carbocycles. The van der Waals surface area contributed by atoms with Crippen LogP contribution in [0, 0.1) is 0 Å². The molecule has 0 bridgehead atoms. The molecule has 5 nitrogen and oxygen atoms in total. The molecule has 3 aromatic carbocycles. The van der Waals surface area contributed by atoms with Crippen LogP contribution in [0.15, 0.2) is 77.7 Å². The van der Waals surface area contributed by atoms with E-state index in [4.69, 9.17) is 4.74 Å². The van der Waals surface area contributed by atoms with Crippen LogP contribution in [0.2, 0.25) is 0 Å². The minimum absolute atomic E-state index is 0.215. The molecule has 1 unspecified atom stereocenters. The van der Waals surface area contributed by atoms with E-state index in [9.17, 15) is 4.79 Å². The third-order valence-corrected chi connectivity index (χ3v) is 5.48. The number of ether oxygens (including phenoxy) is 1. The van der Waals surface area contributed by atoms with Gasteiger partial charge < -0.3 is 10.1 Å². The molecular formula is C23H21N3O2S. The number of carbonyl (C=O) groups is 1. The average Bonchev–Trinajstić information content (AvgIpc) is 3.18. The molecule has 0 aliphatic rings. The normalized spacial score (nSPS) is 12.1. The Kier molecular flexibility index (Phi) is 5.64. The van der Waals surface area contributed by atoms with Gasteiger partial charge in [-0.2, -0.15) is 5.10 Å². The van der Waals surface area contributed by atoms with Crippen LogP contribution < -0.4 is 5.32 Å². The summed E-state index contributed by atoms with van der Waals surface area (Å²) in [6, 6.07) is 23.4. The van der Waals surface area contributed by atoms with Gasteiger partial charge in [-0.1, -0.05) is 42.5 Å². The molecule has 1 atom stereocenters. The number of aromatic nitrogens is 2. The van der Waals surface area contributed by atoms with Crippen molar-refractivity contribution >= 4 is 34.3 Å². The number of methoxy groups -OCH3 is 1. The summed E-state index contributed by atoms with van der Waals surface area (Å²) < 4.78 is 5.43. The van der Waals surface area contributed by atoms with Gasteiger partial charge >= 0.3 is 0 Å². The Morgan fingerprint density at radius 1 is 1.07 bits per heavy atom. The SMILES string of the molecule is COC(C(=O)Nc1ccc2[nH]nc(-c3cccc(SC)c3)c2c1)c1ccccc1. The van der Waals surface area contributed by atoms with Gasteiger partial charge in [-0.25, -0.2) is 0 Å². The summed E-state index contributed by atoms with van der Waals surface area (Å²) in [5, 5.41) is 11.5. The maximum Gasteiger partial charge on any atom is 0.258 e. The van der Waals surface area contributed by atoms with Gasteiger partial charge in [0.1, 0.15) is 5.69 Å². The average molecular weight is 404 g/mol. The maximum atomic E-state index is 12.8. The zero-order valence-corrected chi connectivity index (χ0v) is 17.0. The molecule has 0 spiro atoms. The number of nitrogens with zero attached hydrogens (tertiary/aromatic N) is 1. The number of nitrogens with one attached hydrogen (secondary N) is 2. The molecule has 0 fully saturated rings. The molecular weight excluding hydrogens is 382 g/mol. The van der Waals surface area contributed by atoms with Crippen LogP contribution in [0.4, 0.5) is 5.69 Å². The largest absolute Gasteiger partial charge is 0.367 e. The topological polar surface area (TPSA) is 67.0 Å². The van der Waals surface area contributed by atoms with E-state index in [0.717, 1.165) is 27.7 Å². The number of benzene rings is 3. The Labute approximate surface area is 173 Å². The van der Waals surface area contributed by atoms with Crippen molar-refractivity contribution in [3.63, 3.8) is 0 Å². The fourth-order valence-electron chi connectivity index (χ4n) is 3.31. The number of H-pyrrole nitrogens is 1. The van der Waals surface area contributed by atoms with Crippen molar-refractivity contribution < 1.29 is 9.53 Å². The summed E-state index contributed by atoms with van der Waals surface area (Å²) in [7, 11) is 1.54. The molecule has 0 aliphatic heterocycles. The number of hydrogen-bond donors (Lipinski definition) is 2. The summed E-state index contributed by atoms with van der Waals surface area (Å²) >= 11 is 1.69. The number of hydrogen-bond acceptors (Lipinski definition) is 4. The smallest absolute Gasteiger partial charge is 0.258 e. The minimum Gasteiger partial charge on any atom is -0.367 e. The second-order valence-corrected chi connectivity index (χ2v) is 7.46. The van der Waals surface area contributed by atoms with Crippen LogP contribution in [-0.2, 0) is 9.53 Å². The van der Waals surface area contributed by atoms with Crippen LogP contribution in [0.3, 0.4) is 0 Å². The van der Waals surface area contributed by atoms with E-state index in [-0.39, 0.29) is 5.91 Å². The molecule has 1 aromatic heterocycles. The van der Waals surface area contributed by atoms with Crippen molar-refractivity contribution in [2.75, 3.05) is 18.7 Å². The van der Waals surface area contributed by atoms with Crippen LogP contribution in [0.5, 0.6) is 0 Å². The lowest BCUT2D eigenvalue weighted by Crippen LogP contribution is -2.22. The molecule has 0 aliphatic carbocycles. The Hall–Kier alpha value is -3.09. The molecule has 29 heavy (non-hydrogen) atoms. The summed E-state index contributed by atoms with van der Waals surface area (Å²) in [5.74, 6) is -0.215. The maximum absolute atomic E-state index is 12.8. The zero-order chi connectivity index (χ0) is 20.2. The molecule has 1 amide bonds. The van der Waals surface area contributed by atoms with Gasteiger partial charge in [-0.15, -0.1) is 11.8 Å². The summed E-state index contributed by atoms with van der Waals surface area (Å²) in [4.78, 5) is 14.0. The van der Waals surface area contributed by atoms with Crippen molar-refractivity contribution in [3.8, 4) is 11.3 Å². The number of aromatic amines is 1. The first kappa shape index (κ1) is 19.2. The van der Waals surface area contributed by atoms with Gasteiger partial charge in [0.15, 0.2) is 6.10 Å². The first-order valence-corrected chi connectivity index (χ1v) is 10.4. The predicted molar refractivity (Wildman–Crippen MR) is 118 cm³/mol. The van der Waals surface area contributed by atoms with E-state index in [1.807, 2.05) is 66.9 Å². The Balaban J connectivity index is 1.64. The van der Waals surface area contributed by atoms with Crippen molar-refractivity contribution in [1.82, 2.24) is 10.2 Å². The molecule has 4 aromatic rings. The standard InChI is InChI=1S/C23H21N3O2S/c1-28-22(15-7-4-3-5-8-15)23(27)24-17-11-12-20-19(14-17)21(26-25-20)16-9-6-10-18(13-16)29-2/h3-14,22H,1-2H3,(H,24,27)(H,25,26). The van der Waals surface area contributed by atoms with E-state index in [0.29, 0.717) is 5.69 Å². The Morgan fingerprint density at radius 3 is 2.66 bits per heavy atom. The minimum atomic E-state index is -0.672. The Morgan fingerprint density at radius 2 is 1.90 bits per heavy atom. The van der Waals surface area contributed by atoms with E-state index in [1.165, 1.54) is 12.0 Å². The van der Waals surface area contributed by atoms with Crippen LogP contribution >= 0.6 is 11.8 Å². The lowest BCUT2D eigenvalue weighted by Gasteiger charge is -2.15. The van der Waals surface area contributed by atoms with Gasteiger partial charge in [-0.3, -0.25) is 9.89 Å². The monoisotopic (exact) mass is 403 g/mol. The zero-order valence-electron chi connectivity index (χ0n) is 16.2. The fourth-order valence-corrected chi connectivity index (χ4v) is 3.77. The highest BCUT2D eigenvalue weighted by molar-refractivity contribution is 7.98. The first-order valence-electron chi connectivity index (χ1n) is 9.21. The third-order valence-electron chi connectivity index (χ3n) is 4.75. The van der Waals surface area contributed by atoms with Crippen molar-refractivity contribution in [3.05, 3.63) is 78.4 Å². The number of carbonyl (C=O) groups excluding carboxylic acids is 1. The van der Waals surface area contributed by atoms with Gasteiger partial charge in [-0.05, 0) is 42.2 Å². The molecule has 0 radical (unpaired) electrons. The highest BCUT2D eigenvalue weighted by atomic mass is 32.2. The van der Waals surface area contributed by atoms with E-state index < -0.39 is 6.10 Å². The molecule has 146 valence electrons. The van der Waals surface area contributed by atoms with E-state index in [1.54, 1.807) is 11.8 Å². The lowest BCUT2D eigenvalue weighted by atomic mass is 10.1. The fraction of sp³-hybridized carbons (Fsp3) is 0.130. The van der Waals surface area contributed by atoms with Crippen LogP contribution in [-0.4, -0.2) is 29.5 Å². The van der Waals surface area contributed by atoms with E-state index in [2.05, 4.69) is 27.6 Å². The number of amides is 1. The van der Waals surface area contributed by atoms with Crippen molar-refractivity contribution in [1.29, 1.82) is 0 Å². The molecule has 2 N–H and O–H groups in total. The van der Waals surface area contributed by atoms with Gasteiger partial charge in [0.25, 0.3) is 5.91 Å². The number of anilines is 1. The number of fused-ring (bicyclic) bond motifs is 1. The second-order valence-electron chi connectivity index (χ2n) is 6.58. The van der Waals surface area contributed by atoms with Crippen molar-refractivity contribution in [2.45, 2.75) is 11.0 Å². The Bertz CT molecular complexity index is 1140. The summed E-state index contributed by atoms with van der Waals surface area (Å²) in [6.45, 7) is 0. The quantitative estimate of drug-likeness (QED) is 0.430. The number of thioether (sulfide) groups is 1. The van der Waals surface area contributed by atoms with E-state index >= 15 is 0 Å². The van der Waals surface area contributed by atoms with Gasteiger partial charge in [0, 0.05) is 28.6 Å². The molecule has 4 rings (SSSR count). The highest BCUT2D eigenvalue weighted by Crippen LogP contribution is 2.31. The summed E-state index contributed by atoms with van der Waals surface area (Å²) in [6.07, 6.45) is 1.38. The van der Waals surface area contributed by atoms with Crippen molar-refractivity contribution in [2.24, 2.45) is 0 Å². The first-order chi connectivity index (χ1) is 14.2. The van der Waals surface area contributed by atoms with Crippen LogP contribution in [0.25, 0.3) is 22.2 Å². The number of rotatable bonds is 6. The second kappa shape index (κ2) is 8.51. The molecule has 6 heteroatoms. The molecule has 0 saturated heterocycles. The van der Waals surface area contributed by atoms with Gasteiger partial charge in [0.2, 0.25) is 0 Å². The predicted octanol–water partition coefficient (Wildman–Crippen LogP) is 5.28. The van der Waals surface area contributed by atoms with Gasteiger partial charge in [0.05, 0.1) is 5.52 Å². The van der Waals surface area contributed by atoms with Crippen LogP contribution in [0.1, 0.15) is 11.7 Å². The third kappa shape index (κ3) is 4.04. The lowest BCUT2D eigenvalue weighted by molar-refractivity contribution is -0.126.